The van der Waals surface area contributed by atoms with Crippen LogP contribution < -0.4 is 5.32 Å². The zero-order chi connectivity index (χ0) is 16.9. The molecular weight excluding hydrogens is 328 g/mol. The van der Waals surface area contributed by atoms with Gasteiger partial charge < -0.3 is 14.8 Å². The van der Waals surface area contributed by atoms with E-state index in [-0.39, 0.29) is 12.0 Å². The highest BCUT2D eigenvalue weighted by molar-refractivity contribution is 6.30. The molecule has 0 aliphatic carbocycles. The van der Waals surface area contributed by atoms with E-state index in [2.05, 4.69) is 10.2 Å². The van der Waals surface area contributed by atoms with Crippen molar-refractivity contribution in [2.75, 3.05) is 19.6 Å². The molecule has 0 unspecified atom stereocenters. The second-order valence-corrected chi connectivity index (χ2v) is 6.49. The zero-order valence-electron chi connectivity index (χ0n) is 13.4. The smallest absolute Gasteiger partial charge is 0.234 e. The van der Waals surface area contributed by atoms with E-state index in [4.69, 9.17) is 16.0 Å². The van der Waals surface area contributed by atoms with Crippen LogP contribution in [0.25, 0.3) is 11.3 Å². The van der Waals surface area contributed by atoms with E-state index in [1.807, 2.05) is 36.4 Å². The molecule has 0 atom stereocenters. The quantitative estimate of drug-likeness (QED) is 0.872. The number of carbonyl (C=O) groups excluding carboxylic acids is 1. The number of hydrogen-bond donors (Lipinski definition) is 2. The van der Waals surface area contributed by atoms with Gasteiger partial charge in [-0.05, 0) is 49.2 Å². The summed E-state index contributed by atoms with van der Waals surface area (Å²) in [5.41, 5.74) is 0.948. The topological polar surface area (TPSA) is 65.7 Å². The van der Waals surface area contributed by atoms with Gasteiger partial charge in [-0.15, -0.1) is 0 Å². The number of nitrogens with one attached hydrogen (secondary N) is 1. The van der Waals surface area contributed by atoms with Gasteiger partial charge in [-0.1, -0.05) is 11.6 Å². The molecule has 0 bridgehead atoms. The molecule has 1 aliphatic heterocycles. The summed E-state index contributed by atoms with van der Waals surface area (Å²) in [5, 5.41) is 13.0. The Kier molecular flexibility index (Phi) is 5.56. The minimum absolute atomic E-state index is 0.0316. The van der Waals surface area contributed by atoms with Crippen LogP contribution in [0, 0.1) is 0 Å². The maximum atomic E-state index is 12.0. The summed E-state index contributed by atoms with van der Waals surface area (Å²) in [5.74, 6) is 1.43. The predicted molar refractivity (Wildman–Crippen MR) is 92.7 cm³/mol. The van der Waals surface area contributed by atoms with E-state index in [1.165, 1.54) is 0 Å². The summed E-state index contributed by atoms with van der Waals surface area (Å²) in [4.78, 5) is 14.1. The van der Waals surface area contributed by atoms with Crippen LogP contribution in [0.1, 0.15) is 18.6 Å². The third-order valence-electron chi connectivity index (χ3n) is 4.17. The summed E-state index contributed by atoms with van der Waals surface area (Å²) < 4.78 is 5.76. The van der Waals surface area contributed by atoms with Crippen molar-refractivity contribution in [2.24, 2.45) is 0 Å². The molecule has 2 N–H and O–H groups in total. The first-order valence-electron chi connectivity index (χ1n) is 8.12. The van der Waals surface area contributed by atoms with Gasteiger partial charge >= 0.3 is 0 Å². The molecule has 2 aromatic rings. The highest BCUT2D eigenvalue weighted by Crippen LogP contribution is 2.23. The van der Waals surface area contributed by atoms with Crippen molar-refractivity contribution in [1.82, 2.24) is 10.2 Å². The number of likely N-dealkylation sites (tertiary alicyclic amines) is 1. The van der Waals surface area contributed by atoms with Crippen molar-refractivity contribution in [3.8, 4) is 11.3 Å². The molecule has 0 radical (unpaired) electrons. The van der Waals surface area contributed by atoms with E-state index in [9.17, 15) is 9.90 Å². The summed E-state index contributed by atoms with van der Waals surface area (Å²) in [7, 11) is 0. The number of halogens is 1. The number of furan rings is 1. The lowest BCUT2D eigenvalue weighted by Gasteiger charge is -2.28. The monoisotopic (exact) mass is 348 g/mol. The minimum Gasteiger partial charge on any atom is -0.459 e. The Labute approximate surface area is 146 Å². The first kappa shape index (κ1) is 17.0. The average molecular weight is 349 g/mol. The summed E-state index contributed by atoms with van der Waals surface area (Å²) in [6.45, 7) is 2.24. The molecule has 1 aliphatic rings. The number of nitrogens with zero attached hydrogens (tertiary/aromatic N) is 1. The number of piperidine rings is 1. The maximum absolute atomic E-state index is 12.0. The van der Waals surface area contributed by atoms with Crippen LogP contribution >= 0.6 is 11.6 Å². The van der Waals surface area contributed by atoms with Crippen LogP contribution in [0.3, 0.4) is 0 Å². The average Bonchev–Trinajstić information content (AvgIpc) is 3.05. The lowest BCUT2D eigenvalue weighted by molar-refractivity contribution is -0.123. The summed E-state index contributed by atoms with van der Waals surface area (Å²) in [6.07, 6.45) is 1.24. The normalized spacial score (nSPS) is 16.2. The lowest BCUT2D eigenvalue weighted by atomic mass is 10.1. The molecule has 0 saturated carbocycles. The second kappa shape index (κ2) is 7.83. The van der Waals surface area contributed by atoms with Crippen LogP contribution in [0.4, 0.5) is 0 Å². The Bertz CT molecular complexity index is 676. The van der Waals surface area contributed by atoms with Gasteiger partial charge in [-0.2, -0.15) is 0 Å². The van der Waals surface area contributed by atoms with Crippen LogP contribution in [-0.2, 0) is 11.3 Å². The van der Waals surface area contributed by atoms with Crippen LogP contribution in [-0.4, -0.2) is 41.7 Å². The molecule has 1 amide bonds. The lowest BCUT2D eigenvalue weighted by Crippen LogP contribution is -2.42. The Hall–Kier alpha value is -1.82. The molecule has 24 heavy (non-hydrogen) atoms. The predicted octanol–water partition coefficient (Wildman–Crippen LogP) is 2.67. The fraction of sp³-hybridized carbons (Fsp3) is 0.389. The zero-order valence-corrected chi connectivity index (χ0v) is 14.1. The number of aliphatic hydroxyl groups excluding tert-OH is 1. The van der Waals surface area contributed by atoms with Crippen molar-refractivity contribution in [2.45, 2.75) is 25.5 Å². The van der Waals surface area contributed by atoms with Gasteiger partial charge in [0.15, 0.2) is 0 Å². The first-order valence-corrected chi connectivity index (χ1v) is 8.50. The van der Waals surface area contributed by atoms with Crippen LogP contribution in [0.15, 0.2) is 40.8 Å². The van der Waals surface area contributed by atoms with Gasteiger partial charge in [0.1, 0.15) is 11.5 Å². The Morgan fingerprint density at radius 2 is 1.92 bits per heavy atom. The van der Waals surface area contributed by atoms with Gasteiger partial charge in [-0.25, -0.2) is 0 Å². The van der Waals surface area contributed by atoms with E-state index in [1.54, 1.807) is 0 Å². The molecule has 2 heterocycles. The van der Waals surface area contributed by atoms with Crippen molar-refractivity contribution in [3.63, 3.8) is 0 Å². The van der Waals surface area contributed by atoms with Crippen LogP contribution in [0.2, 0.25) is 5.02 Å². The number of rotatable bonds is 5. The van der Waals surface area contributed by atoms with E-state index in [0.29, 0.717) is 23.9 Å². The molecule has 1 aromatic heterocycles. The number of benzene rings is 1. The second-order valence-electron chi connectivity index (χ2n) is 6.06. The van der Waals surface area contributed by atoms with Crippen molar-refractivity contribution < 1.29 is 14.3 Å². The van der Waals surface area contributed by atoms with Crippen molar-refractivity contribution >= 4 is 17.5 Å². The summed E-state index contributed by atoms with van der Waals surface area (Å²) >= 11 is 5.88. The fourth-order valence-electron chi connectivity index (χ4n) is 2.76. The van der Waals surface area contributed by atoms with E-state index in [0.717, 1.165) is 37.3 Å². The third-order valence-corrected chi connectivity index (χ3v) is 4.43. The molecule has 6 heteroatoms. The Morgan fingerprint density at radius 1 is 1.21 bits per heavy atom. The maximum Gasteiger partial charge on any atom is 0.234 e. The first-order chi connectivity index (χ1) is 11.6. The number of carbonyl (C=O) groups is 1. The summed E-state index contributed by atoms with van der Waals surface area (Å²) in [6, 6.07) is 11.2. The number of aliphatic hydroxyl groups is 1. The molecular formula is C18H21ClN2O3. The van der Waals surface area contributed by atoms with Gasteiger partial charge in [-0.3, -0.25) is 9.69 Å². The minimum atomic E-state index is -0.223. The molecule has 0 spiro atoms. The Balaban J connectivity index is 1.48. The molecule has 128 valence electrons. The molecule has 1 saturated heterocycles. The molecule has 1 aromatic carbocycles. The van der Waals surface area contributed by atoms with Gasteiger partial charge in [0.2, 0.25) is 5.91 Å². The third kappa shape index (κ3) is 4.60. The SMILES string of the molecule is O=C(CN1CCC(O)CC1)NCc1ccc(-c2ccc(Cl)cc2)o1. The molecule has 5 nitrogen and oxygen atoms in total. The Morgan fingerprint density at radius 3 is 2.62 bits per heavy atom. The van der Waals surface area contributed by atoms with Crippen molar-refractivity contribution in [3.05, 3.63) is 47.2 Å². The highest BCUT2D eigenvalue weighted by Gasteiger charge is 2.18. The standard InChI is InChI=1S/C18H21ClN2O3/c19-14-3-1-13(2-4-14)17-6-5-16(24-17)11-20-18(23)12-21-9-7-15(22)8-10-21/h1-6,15,22H,7-12H2,(H,20,23). The van der Waals surface area contributed by atoms with Gasteiger partial charge in [0.25, 0.3) is 0 Å². The number of amides is 1. The molecule has 1 fully saturated rings. The van der Waals surface area contributed by atoms with Crippen molar-refractivity contribution in [1.29, 1.82) is 0 Å². The number of hydrogen-bond acceptors (Lipinski definition) is 4. The van der Waals surface area contributed by atoms with Crippen LogP contribution in [0.5, 0.6) is 0 Å². The fourth-order valence-corrected chi connectivity index (χ4v) is 2.89. The highest BCUT2D eigenvalue weighted by atomic mass is 35.5. The van der Waals surface area contributed by atoms with Gasteiger partial charge in [0, 0.05) is 23.7 Å². The van der Waals surface area contributed by atoms with E-state index >= 15 is 0 Å². The van der Waals surface area contributed by atoms with Gasteiger partial charge in [0.05, 0.1) is 19.2 Å². The molecule has 3 rings (SSSR count). The largest absolute Gasteiger partial charge is 0.459 e. The van der Waals surface area contributed by atoms with E-state index < -0.39 is 0 Å².